The Bertz CT molecular complexity index is 459. The number of carbonyl (C=O) groups is 1. The number of benzene rings is 1. The van der Waals surface area contributed by atoms with E-state index in [1.165, 1.54) is 0 Å². The van der Waals surface area contributed by atoms with Gasteiger partial charge in [0, 0.05) is 45.2 Å². The third kappa shape index (κ3) is 6.04. The highest BCUT2D eigenvalue weighted by Gasteiger charge is 2.13. The maximum atomic E-state index is 12.1. The molecule has 0 radical (unpaired) electrons. The Morgan fingerprint density at radius 1 is 1.38 bits per heavy atom. The molecule has 0 heterocycles. The molecule has 0 aliphatic carbocycles. The van der Waals surface area contributed by atoms with Gasteiger partial charge in [0.05, 0.1) is 5.56 Å². The topological polar surface area (TPSA) is 67.6 Å². The summed E-state index contributed by atoms with van der Waals surface area (Å²) in [6.07, 6.45) is 0.886. The first-order chi connectivity index (χ1) is 9.91. The summed E-state index contributed by atoms with van der Waals surface area (Å²) in [5.41, 5.74) is 7.85. The van der Waals surface area contributed by atoms with Crippen LogP contribution in [0.15, 0.2) is 18.2 Å². The largest absolute Gasteiger partial charge is 0.399 e. The third-order valence-electron chi connectivity index (χ3n) is 2.91. The van der Waals surface area contributed by atoms with Crippen molar-refractivity contribution in [2.45, 2.75) is 20.3 Å². The van der Waals surface area contributed by atoms with Crippen molar-refractivity contribution in [3.8, 4) is 0 Å². The van der Waals surface area contributed by atoms with E-state index < -0.39 is 0 Å². The van der Waals surface area contributed by atoms with Gasteiger partial charge in [-0.2, -0.15) is 0 Å². The Morgan fingerprint density at radius 3 is 2.71 bits per heavy atom. The molecule has 1 rings (SSSR count). The number of nitrogen functional groups attached to an aromatic ring is 1. The molecule has 1 aromatic rings. The molecule has 3 N–H and O–H groups in total. The van der Waals surface area contributed by atoms with Gasteiger partial charge in [-0.1, -0.05) is 13.8 Å². The highest BCUT2D eigenvalue weighted by atomic mass is 16.5. The Labute approximate surface area is 127 Å². The van der Waals surface area contributed by atoms with E-state index >= 15 is 0 Å². The summed E-state index contributed by atoms with van der Waals surface area (Å²) in [5, 5.41) is 3.27. The average molecular weight is 293 g/mol. The number of nitrogens with one attached hydrogen (secondary N) is 1. The van der Waals surface area contributed by atoms with Gasteiger partial charge in [-0.05, 0) is 30.5 Å². The summed E-state index contributed by atoms with van der Waals surface area (Å²) in [7, 11) is 3.48. The van der Waals surface area contributed by atoms with E-state index in [2.05, 4.69) is 19.2 Å². The minimum atomic E-state index is -0.0337. The van der Waals surface area contributed by atoms with Gasteiger partial charge < -0.3 is 20.7 Å². The molecular weight excluding hydrogens is 266 g/mol. The van der Waals surface area contributed by atoms with Gasteiger partial charge in [0.2, 0.25) is 0 Å². The zero-order valence-electron chi connectivity index (χ0n) is 13.5. The molecule has 1 aromatic carbocycles. The Hall–Kier alpha value is -1.75. The zero-order chi connectivity index (χ0) is 15.8. The Kier molecular flexibility index (Phi) is 7.02. The summed E-state index contributed by atoms with van der Waals surface area (Å²) in [6.45, 7) is 6.50. The van der Waals surface area contributed by atoms with Gasteiger partial charge >= 0.3 is 0 Å². The van der Waals surface area contributed by atoms with E-state index in [1.54, 1.807) is 37.2 Å². The van der Waals surface area contributed by atoms with Crippen molar-refractivity contribution in [2.24, 2.45) is 5.92 Å². The number of anilines is 2. The van der Waals surface area contributed by atoms with Crippen molar-refractivity contribution in [1.82, 2.24) is 4.90 Å². The molecule has 0 fully saturated rings. The number of amides is 1. The first kappa shape index (κ1) is 17.3. The second-order valence-electron chi connectivity index (χ2n) is 5.75. The van der Waals surface area contributed by atoms with E-state index in [1.807, 2.05) is 0 Å². The first-order valence-corrected chi connectivity index (χ1v) is 7.34. The van der Waals surface area contributed by atoms with Gasteiger partial charge in [0.15, 0.2) is 0 Å². The van der Waals surface area contributed by atoms with Gasteiger partial charge in [-0.15, -0.1) is 0 Å². The fourth-order valence-corrected chi connectivity index (χ4v) is 1.85. The monoisotopic (exact) mass is 293 g/mol. The molecule has 0 aliphatic rings. The standard InChI is InChI=1S/C16H27N3O2/c1-12(2)11-21-9-5-8-18-15-10-13(17)6-7-14(15)16(20)19(3)4/h6-7,10,12,18H,5,8-9,11,17H2,1-4H3. The minimum Gasteiger partial charge on any atom is -0.399 e. The van der Waals surface area contributed by atoms with Crippen LogP contribution in [0, 0.1) is 5.92 Å². The van der Waals surface area contributed by atoms with Gasteiger partial charge in [-0.3, -0.25) is 4.79 Å². The second kappa shape index (κ2) is 8.52. The molecule has 1 amide bonds. The highest BCUT2D eigenvalue weighted by Crippen LogP contribution is 2.20. The van der Waals surface area contributed by atoms with Crippen LogP contribution in [0.3, 0.4) is 0 Å². The van der Waals surface area contributed by atoms with Crippen LogP contribution in [0.5, 0.6) is 0 Å². The molecular formula is C16H27N3O2. The van der Waals surface area contributed by atoms with Crippen molar-refractivity contribution >= 4 is 17.3 Å². The fourth-order valence-electron chi connectivity index (χ4n) is 1.85. The predicted molar refractivity (Wildman–Crippen MR) is 87.6 cm³/mol. The zero-order valence-corrected chi connectivity index (χ0v) is 13.5. The van der Waals surface area contributed by atoms with Crippen LogP contribution in [0.1, 0.15) is 30.6 Å². The fraction of sp³-hybridized carbons (Fsp3) is 0.562. The molecule has 0 saturated heterocycles. The maximum Gasteiger partial charge on any atom is 0.255 e. The van der Waals surface area contributed by atoms with Crippen molar-refractivity contribution in [3.05, 3.63) is 23.8 Å². The SMILES string of the molecule is CC(C)COCCCNc1cc(N)ccc1C(=O)N(C)C. The van der Waals surface area contributed by atoms with Crippen molar-refractivity contribution < 1.29 is 9.53 Å². The van der Waals surface area contributed by atoms with Gasteiger partial charge in [0.25, 0.3) is 5.91 Å². The number of hydrogen-bond donors (Lipinski definition) is 2. The summed E-state index contributed by atoms with van der Waals surface area (Å²) in [6, 6.07) is 5.30. The van der Waals surface area contributed by atoms with Crippen LogP contribution < -0.4 is 11.1 Å². The van der Waals surface area contributed by atoms with Crippen molar-refractivity contribution in [1.29, 1.82) is 0 Å². The lowest BCUT2D eigenvalue weighted by atomic mass is 10.1. The smallest absolute Gasteiger partial charge is 0.255 e. The van der Waals surface area contributed by atoms with Crippen LogP contribution in [-0.2, 0) is 4.74 Å². The Morgan fingerprint density at radius 2 is 2.10 bits per heavy atom. The summed E-state index contributed by atoms with van der Waals surface area (Å²) in [5.74, 6) is 0.518. The molecule has 5 heteroatoms. The second-order valence-corrected chi connectivity index (χ2v) is 5.75. The Balaban J connectivity index is 2.53. The average Bonchev–Trinajstić information content (AvgIpc) is 2.41. The van der Waals surface area contributed by atoms with E-state index in [9.17, 15) is 4.79 Å². The number of nitrogens with two attached hydrogens (primary N) is 1. The number of nitrogens with zero attached hydrogens (tertiary/aromatic N) is 1. The van der Waals surface area contributed by atoms with Crippen LogP contribution >= 0.6 is 0 Å². The number of ether oxygens (including phenoxy) is 1. The highest BCUT2D eigenvalue weighted by molar-refractivity contribution is 5.99. The number of hydrogen-bond acceptors (Lipinski definition) is 4. The predicted octanol–water partition coefficient (Wildman–Crippen LogP) is 2.45. The van der Waals surface area contributed by atoms with Crippen LogP contribution in [0.2, 0.25) is 0 Å². The van der Waals surface area contributed by atoms with Crippen LogP contribution in [0.25, 0.3) is 0 Å². The molecule has 0 bridgehead atoms. The van der Waals surface area contributed by atoms with E-state index in [4.69, 9.17) is 10.5 Å². The summed E-state index contributed by atoms with van der Waals surface area (Å²) < 4.78 is 5.53. The number of rotatable bonds is 8. The molecule has 21 heavy (non-hydrogen) atoms. The number of carbonyl (C=O) groups excluding carboxylic acids is 1. The van der Waals surface area contributed by atoms with E-state index in [0.29, 0.717) is 23.8 Å². The van der Waals surface area contributed by atoms with Crippen molar-refractivity contribution in [3.63, 3.8) is 0 Å². The minimum absolute atomic E-state index is 0.0337. The molecule has 5 nitrogen and oxygen atoms in total. The normalized spacial score (nSPS) is 10.7. The molecule has 0 saturated carbocycles. The molecule has 118 valence electrons. The molecule has 0 aliphatic heterocycles. The quantitative estimate of drug-likeness (QED) is 0.570. The lowest BCUT2D eigenvalue weighted by molar-refractivity contribution is 0.0828. The summed E-state index contributed by atoms with van der Waals surface area (Å²) in [4.78, 5) is 13.7. The molecule has 0 aromatic heterocycles. The van der Waals surface area contributed by atoms with Crippen LogP contribution in [-0.4, -0.2) is 44.7 Å². The molecule has 0 atom stereocenters. The van der Waals surface area contributed by atoms with E-state index in [-0.39, 0.29) is 5.91 Å². The van der Waals surface area contributed by atoms with E-state index in [0.717, 1.165) is 25.3 Å². The summed E-state index contributed by atoms with van der Waals surface area (Å²) >= 11 is 0. The molecule has 0 unspecified atom stereocenters. The van der Waals surface area contributed by atoms with Gasteiger partial charge in [0.1, 0.15) is 0 Å². The first-order valence-electron chi connectivity index (χ1n) is 7.34. The lowest BCUT2D eigenvalue weighted by Gasteiger charge is -2.16. The lowest BCUT2D eigenvalue weighted by Crippen LogP contribution is -2.23. The molecule has 0 spiro atoms. The van der Waals surface area contributed by atoms with Crippen molar-refractivity contribution in [2.75, 3.05) is 44.9 Å². The van der Waals surface area contributed by atoms with Gasteiger partial charge in [-0.25, -0.2) is 0 Å². The third-order valence-corrected chi connectivity index (χ3v) is 2.91. The maximum absolute atomic E-state index is 12.1. The van der Waals surface area contributed by atoms with Crippen LogP contribution in [0.4, 0.5) is 11.4 Å².